The van der Waals surface area contributed by atoms with E-state index in [0.717, 1.165) is 12.0 Å². The highest BCUT2D eigenvalue weighted by Gasteiger charge is 2.23. The van der Waals surface area contributed by atoms with Gasteiger partial charge in [0.05, 0.1) is 0 Å². The third kappa shape index (κ3) is 1.45. The first-order chi connectivity index (χ1) is 4.38. The molecule has 0 amide bonds. The monoisotopic (exact) mass is 127 g/mol. The molecule has 1 aliphatic rings. The van der Waals surface area contributed by atoms with Gasteiger partial charge in [-0.25, -0.2) is 0 Å². The Morgan fingerprint density at radius 2 is 2.00 bits per heavy atom. The van der Waals surface area contributed by atoms with Crippen molar-refractivity contribution in [3.63, 3.8) is 0 Å². The average Bonchev–Trinajstić information content (AvgIpc) is 1.78. The van der Waals surface area contributed by atoms with Gasteiger partial charge in [0.2, 0.25) is 0 Å². The molecule has 1 heterocycles. The second-order valence-electron chi connectivity index (χ2n) is 2.93. The maximum absolute atomic E-state index is 3.45. The molecule has 1 saturated heterocycles. The summed E-state index contributed by atoms with van der Waals surface area (Å²) in [6, 6.07) is 0.861. The van der Waals surface area contributed by atoms with E-state index in [-0.39, 0.29) is 0 Å². The van der Waals surface area contributed by atoms with Gasteiger partial charge in [-0.3, -0.25) is 0 Å². The van der Waals surface area contributed by atoms with Crippen LogP contribution in [-0.4, -0.2) is 12.6 Å². The van der Waals surface area contributed by atoms with Crippen LogP contribution in [0.2, 0.25) is 0 Å². The van der Waals surface area contributed by atoms with Crippen LogP contribution < -0.4 is 5.32 Å². The highest BCUT2D eigenvalue weighted by molar-refractivity contribution is 4.82. The Kier molecular flexibility index (Phi) is 2.52. The molecule has 0 aliphatic carbocycles. The van der Waals surface area contributed by atoms with Crippen LogP contribution in [0.1, 0.15) is 33.1 Å². The Balaban J connectivity index is 2.19. The van der Waals surface area contributed by atoms with Crippen LogP contribution in [0.15, 0.2) is 0 Å². The van der Waals surface area contributed by atoms with Gasteiger partial charge >= 0.3 is 0 Å². The van der Waals surface area contributed by atoms with Gasteiger partial charge in [-0.15, -0.1) is 0 Å². The molecule has 1 aliphatic heterocycles. The Morgan fingerprint density at radius 1 is 1.44 bits per heavy atom. The Labute approximate surface area is 57.8 Å². The second kappa shape index (κ2) is 3.21. The van der Waals surface area contributed by atoms with Crippen LogP contribution in [0.4, 0.5) is 0 Å². The highest BCUT2D eigenvalue weighted by Crippen LogP contribution is 2.19. The molecule has 1 nitrogen and oxygen atoms in total. The van der Waals surface area contributed by atoms with Gasteiger partial charge in [-0.2, -0.15) is 0 Å². The molecule has 54 valence electrons. The quantitative estimate of drug-likeness (QED) is 0.609. The summed E-state index contributed by atoms with van der Waals surface area (Å²) in [6.07, 6.45) is 4.09. The molecule has 1 fully saturated rings. The number of hydrogen-bond acceptors (Lipinski definition) is 1. The molecular weight excluding hydrogens is 110 g/mol. The zero-order valence-electron chi connectivity index (χ0n) is 6.48. The summed E-state index contributed by atoms with van der Waals surface area (Å²) in [4.78, 5) is 0. The molecule has 1 heteroatoms. The summed E-state index contributed by atoms with van der Waals surface area (Å²) in [7, 11) is 0. The first-order valence-electron chi connectivity index (χ1n) is 4.11. The molecular formula is C8H17N. The van der Waals surface area contributed by atoms with Crippen molar-refractivity contribution < 1.29 is 0 Å². The van der Waals surface area contributed by atoms with Crippen molar-refractivity contribution in [3.8, 4) is 0 Å². The summed E-state index contributed by atoms with van der Waals surface area (Å²) in [5.41, 5.74) is 0. The molecule has 0 saturated carbocycles. The predicted molar refractivity (Wildman–Crippen MR) is 40.5 cm³/mol. The maximum Gasteiger partial charge on any atom is 0.0107 e. The first-order valence-corrected chi connectivity index (χ1v) is 4.11. The van der Waals surface area contributed by atoms with Crippen molar-refractivity contribution in [2.45, 2.75) is 39.2 Å². The van der Waals surface area contributed by atoms with Crippen LogP contribution in [0, 0.1) is 5.92 Å². The van der Waals surface area contributed by atoms with E-state index in [1.165, 1.54) is 25.8 Å². The van der Waals surface area contributed by atoms with Crippen LogP contribution in [0.3, 0.4) is 0 Å². The third-order valence-electron chi connectivity index (χ3n) is 2.48. The van der Waals surface area contributed by atoms with Gasteiger partial charge in [0.25, 0.3) is 0 Å². The summed E-state index contributed by atoms with van der Waals surface area (Å²) in [5, 5.41) is 3.45. The summed E-state index contributed by atoms with van der Waals surface area (Å²) in [5.74, 6) is 0.943. The van der Waals surface area contributed by atoms with Crippen LogP contribution >= 0.6 is 0 Å². The van der Waals surface area contributed by atoms with E-state index in [2.05, 4.69) is 19.2 Å². The van der Waals surface area contributed by atoms with E-state index in [4.69, 9.17) is 0 Å². The molecule has 0 unspecified atom stereocenters. The van der Waals surface area contributed by atoms with Crippen molar-refractivity contribution in [2.75, 3.05) is 6.54 Å². The summed E-state index contributed by atoms with van der Waals surface area (Å²) in [6.45, 7) is 5.82. The fourth-order valence-corrected chi connectivity index (χ4v) is 1.57. The zero-order chi connectivity index (χ0) is 6.69. The molecule has 1 N–H and O–H groups in total. The van der Waals surface area contributed by atoms with Crippen molar-refractivity contribution in [3.05, 3.63) is 0 Å². The third-order valence-corrected chi connectivity index (χ3v) is 2.48. The number of nitrogens with one attached hydrogen (secondary N) is 1. The van der Waals surface area contributed by atoms with Gasteiger partial charge in [0.15, 0.2) is 0 Å². The molecule has 1 atom stereocenters. The lowest BCUT2D eigenvalue weighted by Crippen LogP contribution is -2.47. The lowest BCUT2D eigenvalue weighted by Gasteiger charge is -2.34. The molecule has 0 bridgehead atoms. The van der Waals surface area contributed by atoms with E-state index in [1.54, 1.807) is 0 Å². The molecule has 0 spiro atoms. The first kappa shape index (κ1) is 7.07. The molecule has 0 aromatic heterocycles. The maximum atomic E-state index is 3.45. The topological polar surface area (TPSA) is 12.0 Å². The van der Waals surface area contributed by atoms with Crippen LogP contribution in [0.25, 0.3) is 0 Å². The number of rotatable bonds is 3. The summed E-state index contributed by atoms with van der Waals surface area (Å²) < 4.78 is 0. The van der Waals surface area contributed by atoms with Crippen LogP contribution in [0.5, 0.6) is 0 Å². The van der Waals surface area contributed by atoms with Crippen molar-refractivity contribution in [1.29, 1.82) is 0 Å². The SMILES string of the molecule is CCC(CC)[C@@H]1CCN1. The number of hydrogen-bond donors (Lipinski definition) is 1. The predicted octanol–water partition coefficient (Wildman–Crippen LogP) is 1.78. The molecule has 1 rings (SSSR count). The Bertz CT molecular complexity index is 72.6. The summed E-state index contributed by atoms with van der Waals surface area (Å²) >= 11 is 0. The largest absolute Gasteiger partial charge is 0.314 e. The van der Waals surface area contributed by atoms with Gasteiger partial charge in [0, 0.05) is 6.04 Å². The van der Waals surface area contributed by atoms with E-state index >= 15 is 0 Å². The molecule has 9 heavy (non-hydrogen) atoms. The molecule has 0 aromatic carbocycles. The van der Waals surface area contributed by atoms with Gasteiger partial charge < -0.3 is 5.32 Å². The normalized spacial score (nSPS) is 26.3. The van der Waals surface area contributed by atoms with Crippen molar-refractivity contribution in [2.24, 2.45) is 5.92 Å². The lowest BCUT2D eigenvalue weighted by atomic mass is 9.88. The fourth-order valence-electron chi connectivity index (χ4n) is 1.57. The molecule has 0 aromatic rings. The molecule has 0 radical (unpaired) electrons. The minimum absolute atomic E-state index is 0.861. The minimum Gasteiger partial charge on any atom is -0.314 e. The van der Waals surface area contributed by atoms with E-state index in [1.807, 2.05) is 0 Å². The fraction of sp³-hybridized carbons (Fsp3) is 1.00. The van der Waals surface area contributed by atoms with E-state index in [0.29, 0.717) is 0 Å². The average molecular weight is 127 g/mol. The Morgan fingerprint density at radius 3 is 2.11 bits per heavy atom. The highest BCUT2D eigenvalue weighted by atomic mass is 15.0. The van der Waals surface area contributed by atoms with Gasteiger partial charge in [-0.1, -0.05) is 26.7 Å². The van der Waals surface area contributed by atoms with E-state index in [9.17, 15) is 0 Å². The van der Waals surface area contributed by atoms with Gasteiger partial charge in [0.1, 0.15) is 0 Å². The zero-order valence-corrected chi connectivity index (χ0v) is 6.48. The van der Waals surface area contributed by atoms with Crippen molar-refractivity contribution in [1.82, 2.24) is 5.32 Å². The van der Waals surface area contributed by atoms with Crippen LogP contribution in [-0.2, 0) is 0 Å². The smallest absolute Gasteiger partial charge is 0.0107 e. The van der Waals surface area contributed by atoms with Gasteiger partial charge in [-0.05, 0) is 18.9 Å². The second-order valence-corrected chi connectivity index (χ2v) is 2.93. The minimum atomic E-state index is 0.861. The lowest BCUT2D eigenvalue weighted by molar-refractivity contribution is 0.248. The van der Waals surface area contributed by atoms with E-state index < -0.39 is 0 Å². The van der Waals surface area contributed by atoms with Crippen molar-refractivity contribution >= 4 is 0 Å². The standard InChI is InChI=1S/C8H17N/c1-3-7(4-2)8-5-6-9-8/h7-9H,3-6H2,1-2H3/t8-/m0/s1. The Hall–Kier alpha value is -0.0400.